The van der Waals surface area contributed by atoms with Gasteiger partial charge in [-0.3, -0.25) is 18.9 Å². The molecule has 1 aromatic rings. The summed E-state index contributed by atoms with van der Waals surface area (Å²) in [6.45, 7) is 4.50. The molecule has 1 aromatic heterocycles. The van der Waals surface area contributed by atoms with Crippen LogP contribution in [0.15, 0.2) is 27.9 Å². The van der Waals surface area contributed by atoms with Gasteiger partial charge < -0.3 is 19.6 Å². The van der Waals surface area contributed by atoms with Gasteiger partial charge in [0.1, 0.15) is 12.2 Å². The molecule has 0 saturated carbocycles. The summed E-state index contributed by atoms with van der Waals surface area (Å²) in [5.41, 5.74) is -0.953. The number of aromatic amines is 1. The zero-order chi connectivity index (χ0) is 16.7. The van der Waals surface area contributed by atoms with Crippen molar-refractivity contribution in [1.29, 1.82) is 0 Å². The van der Waals surface area contributed by atoms with Gasteiger partial charge in [0.25, 0.3) is 5.56 Å². The fourth-order valence-corrected chi connectivity index (χ4v) is 2.36. The minimum absolute atomic E-state index is 0.105. The average Bonchev–Trinajstić information content (AvgIpc) is 2.68. The smallest absolute Gasteiger partial charge is 0.386 e. The third-order valence-electron chi connectivity index (χ3n) is 3.16. The van der Waals surface area contributed by atoms with Crippen LogP contribution in [0, 0.1) is 6.92 Å². The van der Waals surface area contributed by atoms with Crippen molar-refractivity contribution in [3.63, 3.8) is 0 Å². The van der Waals surface area contributed by atoms with E-state index in [0.29, 0.717) is 0 Å². The Balaban J connectivity index is 2.26. The number of aliphatic hydroxyl groups excluding tert-OH is 1. The van der Waals surface area contributed by atoms with Crippen molar-refractivity contribution in [3.8, 4) is 0 Å². The number of aryl methyl sites for hydroxylation is 1. The average molecular weight is 334 g/mol. The maximum atomic E-state index is 11.8. The lowest BCUT2D eigenvalue weighted by atomic mass is 10.1. The van der Waals surface area contributed by atoms with E-state index >= 15 is 0 Å². The lowest BCUT2D eigenvalue weighted by Gasteiger charge is -2.16. The SMILES string of the molecule is C=C1[C@H](n2cc(C)c(=O)[nH]c2=O)O[C@H](COP(=O)(O)O)[C@H]1O. The van der Waals surface area contributed by atoms with E-state index in [2.05, 4.69) is 16.1 Å². The molecule has 0 unspecified atom stereocenters. The molecule has 0 spiro atoms. The van der Waals surface area contributed by atoms with Crippen LogP contribution in [0.3, 0.4) is 0 Å². The predicted octanol–water partition coefficient (Wildman–Crippen LogP) is -1.23. The lowest BCUT2D eigenvalue weighted by molar-refractivity contribution is -0.0439. The number of hydrogen-bond donors (Lipinski definition) is 4. The highest BCUT2D eigenvalue weighted by Crippen LogP contribution is 2.39. The number of aliphatic hydroxyl groups is 1. The zero-order valence-electron chi connectivity index (χ0n) is 11.5. The highest BCUT2D eigenvalue weighted by Gasteiger charge is 2.40. The predicted molar refractivity (Wildman–Crippen MR) is 73.1 cm³/mol. The normalized spacial score (nSPS) is 25.6. The first kappa shape index (κ1) is 16.8. The Morgan fingerprint density at radius 1 is 1.50 bits per heavy atom. The Bertz CT molecular complexity index is 747. The lowest BCUT2D eigenvalue weighted by Crippen LogP contribution is -2.33. The Kier molecular flexibility index (Phi) is 4.52. The summed E-state index contributed by atoms with van der Waals surface area (Å²) in [5, 5.41) is 9.96. The Morgan fingerprint density at radius 3 is 2.73 bits per heavy atom. The van der Waals surface area contributed by atoms with Crippen molar-refractivity contribution >= 4 is 7.82 Å². The van der Waals surface area contributed by atoms with Gasteiger partial charge in [0.2, 0.25) is 0 Å². The Morgan fingerprint density at radius 2 is 2.14 bits per heavy atom. The number of aromatic nitrogens is 2. The fraction of sp³-hybridized carbons (Fsp3) is 0.455. The molecule has 10 nitrogen and oxygen atoms in total. The second-order valence-corrected chi connectivity index (χ2v) is 6.05. The minimum Gasteiger partial charge on any atom is -0.386 e. The first-order valence-corrected chi connectivity index (χ1v) is 7.67. The molecular formula is C11H15N2O8P. The molecule has 2 rings (SSSR count). The number of ether oxygens (including phenoxy) is 1. The molecule has 22 heavy (non-hydrogen) atoms. The standard InChI is InChI=1S/C11H15N2O8P/c1-5-3-13(11(16)12-9(5)15)10-6(2)8(14)7(21-10)4-20-22(17,18)19/h3,7-8,10,14H,2,4H2,1H3,(H,12,15,16)(H2,17,18,19)/t7-,8+,10-/m1/s1. The summed E-state index contributed by atoms with van der Waals surface area (Å²) in [4.78, 5) is 42.5. The van der Waals surface area contributed by atoms with Gasteiger partial charge in [-0.15, -0.1) is 0 Å². The topological polar surface area (TPSA) is 151 Å². The van der Waals surface area contributed by atoms with Crippen molar-refractivity contribution in [1.82, 2.24) is 9.55 Å². The van der Waals surface area contributed by atoms with Crippen LogP contribution in [0.2, 0.25) is 0 Å². The molecule has 122 valence electrons. The first-order chi connectivity index (χ1) is 10.1. The highest BCUT2D eigenvalue weighted by molar-refractivity contribution is 7.46. The van der Waals surface area contributed by atoms with Crippen LogP contribution in [-0.4, -0.2) is 43.3 Å². The van der Waals surface area contributed by atoms with Crippen LogP contribution in [0.1, 0.15) is 11.8 Å². The molecule has 11 heteroatoms. The maximum Gasteiger partial charge on any atom is 0.469 e. The van der Waals surface area contributed by atoms with Gasteiger partial charge in [-0.1, -0.05) is 6.58 Å². The molecule has 0 amide bonds. The number of rotatable bonds is 4. The molecule has 1 saturated heterocycles. The van der Waals surface area contributed by atoms with Gasteiger partial charge in [-0.05, 0) is 6.92 Å². The largest absolute Gasteiger partial charge is 0.469 e. The zero-order valence-corrected chi connectivity index (χ0v) is 12.4. The third-order valence-corrected chi connectivity index (χ3v) is 3.64. The van der Waals surface area contributed by atoms with Crippen molar-refractivity contribution in [2.45, 2.75) is 25.4 Å². The highest BCUT2D eigenvalue weighted by atomic mass is 31.2. The molecule has 1 fully saturated rings. The van der Waals surface area contributed by atoms with Crippen molar-refractivity contribution in [2.24, 2.45) is 0 Å². The van der Waals surface area contributed by atoms with Crippen LogP contribution < -0.4 is 11.2 Å². The first-order valence-electron chi connectivity index (χ1n) is 6.14. The van der Waals surface area contributed by atoms with Crippen LogP contribution >= 0.6 is 7.82 Å². The number of phosphoric ester groups is 1. The number of H-pyrrole nitrogens is 1. The van der Waals surface area contributed by atoms with Gasteiger partial charge >= 0.3 is 13.5 Å². The number of nitrogens with one attached hydrogen (secondary N) is 1. The van der Waals surface area contributed by atoms with E-state index in [-0.39, 0.29) is 11.1 Å². The summed E-state index contributed by atoms with van der Waals surface area (Å²) in [7, 11) is -4.72. The van der Waals surface area contributed by atoms with E-state index in [4.69, 9.17) is 14.5 Å². The monoisotopic (exact) mass is 334 g/mol. The maximum absolute atomic E-state index is 11.8. The summed E-state index contributed by atoms with van der Waals surface area (Å²) in [6, 6.07) is 0. The molecule has 1 aliphatic rings. The molecule has 0 bridgehead atoms. The minimum atomic E-state index is -4.72. The van der Waals surface area contributed by atoms with Crippen molar-refractivity contribution in [2.75, 3.05) is 6.61 Å². The van der Waals surface area contributed by atoms with E-state index in [0.717, 1.165) is 4.57 Å². The fourth-order valence-electron chi connectivity index (χ4n) is 2.02. The summed E-state index contributed by atoms with van der Waals surface area (Å²) >= 11 is 0. The second kappa shape index (κ2) is 5.92. The quantitative estimate of drug-likeness (QED) is 0.395. The van der Waals surface area contributed by atoms with Gasteiger partial charge in [-0.2, -0.15) is 0 Å². The molecule has 0 aromatic carbocycles. The van der Waals surface area contributed by atoms with Gasteiger partial charge in [0, 0.05) is 17.3 Å². The Labute approximate surface area is 123 Å². The molecule has 4 N–H and O–H groups in total. The van der Waals surface area contributed by atoms with Crippen molar-refractivity contribution < 1.29 is 28.7 Å². The molecule has 0 radical (unpaired) electrons. The summed E-state index contributed by atoms with van der Waals surface area (Å²) in [6.07, 6.45) is -2.22. The number of hydrogen-bond acceptors (Lipinski definition) is 6. The van der Waals surface area contributed by atoms with E-state index in [1.54, 1.807) is 0 Å². The van der Waals surface area contributed by atoms with Crippen LogP contribution in [0.5, 0.6) is 0 Å². The van der Waals surface area contributed by atoms with E-state index in [1.165, 1.54) is 13.1 Å². The van der Waals surface area contributed by atoms with E-state index < -0.39 is 44.1 Å². The molecule has 2 heterocycles. The van der Waals surface area contributed by atoms with Gasteiger partial charge in [0.15, 0.2) is 6.23 Å². The molecule has 3 atom stereocenters. The van der Waals surface area contributed by atoms with Crippen LogP contribution in [-0.2, 0) is 13.8 Å². The van der Waals surface area contributed by atoms with E-state index in [9.17, 15) is 19.3 Å². The van der Waals surface area contributed by atoms with Crippen LogP contribution in [0.4, 0.5) is 0 Å². The molecular weight excluding hydrogens is 319 g/mol. The number of phosphoric acid groups is 1. The summed E-state index contributed by atoms with van der Waals surface area (Å²) < 4.78 is 21.4. The molecule has 1 aliphatic heterocycles. The third kappa shape index (κ3) is 3.43. The summed E-state index contributed by atoms with van der Waals surface area (Å²) in [5.74, 6) is 0. The van der Waals surface area contributed by atoms with Crippen LogP contribution in [0.25, 0.3) is 0 Å². The number of nitrogens with zero attached hydrogens (tertiary/aromatic N) is 1. The van der Waals surface area contributed by atoms with Gasteiger partial charge in [-0.25, -0.2) is 9.36 Å². The Hall–Kier alpha value is -1.55. The van der Waals surface area contributed by atoms with Crippen molar-refractivity contribution in [3.05, 3.63) is 44.8 Å². The van der Waals surface area contributed by atoms with E-state index in [1.807, 2.05) is 0 Å². The second-order valence-electron chi connectivity index (χ2n) is 4.81. The molecule has 0 aliphatic carbocycles. The van der Waals surface area contributed by atoms with Gasteiger partial charge in [0.05, 0.1) is 6.61 Å².